The van der Waals surface area contributed by atoms with Crippen LogP contribution in [0.2, 0.25) is 0 Å². The smallest absolute Gasteiger partial charge is 0.164 e. The Bertz CT molecular complexity index is 70.2. The number of rotatable bonds is 1. The highest BCUT2D eigenvalue weighted by Crippen LogP contribution is 2.02. The van der Waals surface area contributed by atoms with Gasteiger partial charge in [0.15, 0.2) is 9.82 Å². The molecule has 0 saturated carbocycles. The minimum Gasteiger partial charge on any atom is -0.234 e. The van der Waals surface area contributed by atoms with Gasteiger partial charge in [0.2, 0.25) is 0 Å². The van der Waals surface area contributed by atoms with E-state index >= 15 is 0 Å². The van der Waals surface area contributed by atoms with Gasteiger partial charge in [-0.2, -0.15) is 4.39 Å². The maximum atomic E-state index is 11.3. The zero-order valence-corrected chi connectivity index (χ0v) is 9.14. The predicted octanol–water partition coefficient (Wildman–Crippen LogP) is 3.89. The summed E-state index contributed by atoms with van der Waals surface area (Å²) >= 11 is 7.96. The van der Waals surface area contributed by atoms with E-state index in [4.69, 9.17) is 0 Å². The molecule has 0 rings (SSSR count). The largest absolute Gasteiger partial charge is 0.234 e. The SMILES string of the molecule is C=C(F)Br.FC(Br)CBr. The highest BCUT2D eigenvalue weighted by Gasteiger charge is 1.89. The Kier molecular flexibility index (Phi) is 12.7. The summed E-state index contributed by atoms with van der Waals surface area (Å²) in [5.74, 6) is 0. The molecule has 0 aromatic rings. The summed E-state index contributed by atoms with van der Waals surface area (Å²) in [5, 5.41) is -0.519. The van der Waals surface area contributed by atoms with Crippen molar-refractivity contribution in [3.05, 3.63) is 11.3 Å². The van der Waals surface area contributed by atoms with E-state index in [1.165, 1.54) is 0 Å². The van der Waals surface area contributed by atoms with E-state index < -0.39 is 9.82 Å². The summed E-state index contributed by atoms with van der Waals surface area (Å²) in [5.41, 5.74) is 0. The van der Waals surface area contributed by atoms with Gasteiger partial charge in [0, 0.05) is 5.33 Å². The summed E-state index contributed by atoms with van der Waals surface area (Å²) in [6.45, 7) is 2.81. The Morgan fingerprint density at radius 2 is 1.78 bits per heavy atom. The molecule has 1 atom stereocenters. The van der Waals surface area contributed by atoms with Gasteiger partial charge in [0.25, 0.3) is 0 Å². The maximum absolute atomic E-state index is 11.3. The Morgan fingerprint density at radius 1 is 1.67 bits per heavy atom. The lowest BCUT2D eigenvalue weighted by Crippen LogP contribution is -1.83. The molecule has 0 bridgehead atoms. The average molecular weight is 331 g/mol. The third-order valence-electron chi connectivity index (χ3n) is 0.117. The summed E-state index contributed by atoms with van der Waals surface area (Å²) in [4.78, 5) is 0. The van der Waals surface area contributed by atoms with Gasteiger partial charge in [-0.25, -0.2) is 4.39 Å². The minimum atomic E-state index is -0.887. The first-order valence-electron chi connectivity index (χ1n) is 1.84. The van der Waals surface area contributed by atoms with Crippen LogP contribution in [-0.4, -0.2) is 10.4 Å². The summed E-state index contributed by atoms with van der Waals surface area (Å²) in [6.07, 6.45) is 0. The summed E-state index contributed by atoms with van der Waals surface area (Å²) in [6, 6.07) is 0. The van der Waals surface area contributed by atoms with Crippen LogP contribution in [0.15, 0.2) is 11.3 Å². The number of alkyl halides is 3. The van der Waals surface area contributed by atoms with Crippen molar-refractivity contribution in [2.75, 3.05) is 5.33 Å². The molecule has 0 aromatic heterocycles. The molecule has 0 aliphatic rings. The zero-order valence-electron chi connectivity index (χ0n) is 4.38. The number of halogens is 5. The van der Waals surface area contributed by atoms with Crippen LogP contribution < -0.4 is 0 Å². The van der Waals surface area contributed by atoms with Crippen LogP contribution in [0.3, 0.4) is 0 Å². The molecule has 0 amide bonds. The summed E-state index contributed by atoms with van der Waals surface area (Å²) < 4.78 is 21.5. The molecule has 5 heteroatoms. The monoisotopic (exact) mass is 328 g/mol. The third-order valence-corrected chi connectivity index (χ3v) is 1.88. The molecular weight excluding hydrogens is 326 g/mol. The van der Waals surface area contributed by atoms with Crippen LogP contribution in [0.1, 0.15) is 0 Å². The van der Waals surface area contributed by atoms with E-state index in [1.807, 2.05) is 0 Å². The van der Waals surface area contributed by atoms with E-state index in [2.05, 4.69) is 54.4 Å². The fourth-order valence-corrected chi connectivity index (χ4v) is 0. The molecule has 9 heavy (non-hydrogen) atoms. The Balaban J connectivity index is 0. The molecule has 1 unspecified atom stereocenters. The topological polar surface area (TPSA) is 0 Å². The van der Waals surface area contributed by atoms with Crippen molar-refractivity contribution < 1.29 is 8.78 Å². The van der Waals surface area contributed by atoms with Crippen molar-refractivity contribution in [2.24, 2.45) is 0 Å². The lowest BCUT2D eigenvalue weighted by atomic mass is 10.9. The quantitative estimate of drug-likeness (QED) is 0.640. The van der Waals surface area contributed by atoms with E-state index in [0.717, 1.165) is 0 Å². The maximum Gasteiger partial charge on any atom is 0.164 e. The van der Waals surface area contributed by atoms with E-state index in [9.17, 15) is 8.78 Å². The highest BCUT2D eigenvalue weighted by atomic mass is 79.9. The molecule has 0 N–H and O–H groups in total. The van der Waals surface area contributed by atoms with Crippen LogP contribution in [0, 0.1) is 0 Å². The molecule has 0 spiro atoms. The molecule has 0 aliphatic heterocycles. The predicted molar refractivity (Wildman–Crippen MR) is 46.8 cm³/mol. The van der Waals surface area contributed by atoms with Crippen LogP contribution >= 0.6 is 47.8 Å². The van der Waals surface area contributed by atoms with Gasteiger partial charge in [-0.1, -0.05) is 38.4 Å². The van der Waals surface area contributed by atoms with Crippen molar-refractivity contribution in [1.29, 1.82) is 0 Å². The number of hydrogen-bond acceptors (Lipinski definition) is 0. The molecule has 0 radical (unpaired) electrons. The fourth-order valence-electron chi connectivity index (χ4n) is 0. The molecule has 0 aromatic carbocycles. The highest BCUT2D eigenvalue weighted by molar-refractivity contribution is 9.12. The Morgan fingerprint density at radius 3 is 1.78 bits per heavy atom. The van der Waals surface area contributed by atoms with E-state index in [-0.39, 0.29) is 0 Å². The van der Waals surface area contributed by atoms with Crippen LogP contribution in [0.5, 0.6) is 0 Å². The number of hydrogen-bond donors (Lipinski definition) is 0. The standard InChI is InChI=1S/C2H3Br2F.C2H2BrF/c3-1-2(4)5;1-2(3)4/h2H,1H2;1H2. The van der Waals surface area contributed by atoms with Gasteiger partial charge in [0.05, 0.1) is 0 Å². The second kappa shape index (κ2) is 9.04. The van der Waals surface area contributed by atoms with Gasteiger partial charge in [0.1, 0.15) is 0 Å². The van der Waals surface area contributed by atoms with Crippen LogP contribution in [0.25, 0.3) is 0 Å². The molecule has 56 valence electrons. The normalized spacial score (nSPS) is 11.2. The summed E-state index contributed by atoms with van der Waals surface area (Å²) in [7, 11) is 0. The van der Waals surface area contributed by atoms with E-state index in [0.29, 0.717) is 5.33 Å². The fraction of sp³-hybridized carbons (Fsp3) is 0.500. The molecule has 0 aliphatic carbocycles. The second-order valence-corrected chi connectivity index (χ2v) is 3.39. The third kappa shape index (κ3) is 48.5. The van der Waals surface area contributed by atoms with E-state index in [1.54, 1.807) is 0 Å². The van der Waals surface area contributed by atoms with Gasteiger partial charge >= 0.3 is 0 Å². The first-order valence-corrected chi connectivity index (χ1v) is 4.67. The first-order chi connectivity index (χ1) is 4.00. The van der Waals surface area contributed by atoms with Crippen molar-refractivity contribution in [3.8, 4) is 0 Å². The molecule has 0 saturated heterocycles. The lowest BCUT2D eigenvalue weighted by molar-refractivity contribution is 0.500. The van der Waals surface area contributed by atoms with Crippen molar-refractivity contribution in [2.45, 2.75) is 5.08 Å². The van der Waals surface area contributed by atoms with Gasteiger partial charge in [-0.3, -0.25) is 0 Å². The Hall–Kier alpha value is 1.04. The van der Waals surface area contributed by atoms with Gasteiger partial charge < -0.3 is 0 Å². The van der Waals surface area contributed by atoms with Gasteiger partial charge in [-0.15, -0.1) is 0 Å². The van der Waals surface area contributed by atoms with Crippen molar-refractivity contribution in [1.82, 2.24) is 0 Å². The zero-order chi connectivity index (χ0) is 7.86. The molecule has 0 heterocycles. The van der Waals surface area contributed by atoms with Gasteiger partial charge in [-0.05, 0) is 15.9 Å². The van der Waals surface area contributed by atoms with Crippen molar-refractivity contribution in [3.63, 3.8) is 0 Å². The van der Waals surface area contributed by atoms with Crippen LogP contribution in [-0.2, 0) is 0 Å². The van der Waals surface area contributed by atoms with Crippen molar-refractivity contribution >= 4 is 47.8 Å². The average Bonchev–Trinajstić information content (AvgIpc) is 1.65. The second-order valence-electron chi connectivity index (χ2n) is 0.884. The molecular formula is C4H5Br3F2. The minimum absolute atomic E-state index is 0.368. The molecule has 0 fully saturated rings. The van der Waals surface area contributed by atoms with Crippen LogP contribution in [0.4, 0.5) is 8.78 Å². The Labute approximate surface area is 78.1 Å². The first kappa shape index (κ1) is 12.7. The lowest BCUT2D eigenvalue weighted by Gasteiger charge is -1.81. The molecule has 0 nitrogen and oxygen atoms in total.